The first-order valence-electron chi connectivity index (χ1n) is 18.7. The van der Waals surface area contributed by atoms with Gasteiger partial charge in [0.1, 0.15) is 23.7 Å². The zero-order valence-corrected chi connectivity index (χ0v) is 33.0. The molecule has 4 atom stereocenters. The molecule has 3 aromatic rings. The molecule has 1 aliphatic heterocycles. The molecule has 0 saturated heterocycles. The van der Waals surface area contributed by atoms with Gasteiger partial charge in [-0.15, -0.1) is 0 Å². The Kier molecular flexibility index (Phi) is 12.1. The molecule has 0 radical (unpaired) electrons. The van der Waals surface area contributed by atoms with E-state index in [2.05, 4.69) is 28.5 Å². The summed E-state index contributed by atoms with van der Waals surface area (Å²) in [6.07, 6.45) is 2.24. The summed E-state index contributed by atoms with van der Waals surface area (Å²) in [5.41, 5.74) is 4.00. The van der Waals surface area contributed by atoms with Crippen LogP contribution in [0.5, 0.6) is 0 Å². The number of amides is 4. The molecular weight excluding hydrogens is 697 g/mol. The minimum atomic E-state index is -1.04. The van der Waals surface area contributed by atoms with E-state index in [1.54, 1.807) is 44.7 Å². The second kappa shape index (κ2) is 16.4. The highest BCUT2D eigenvalue weighted by atomic mass is 16.6. The number of ether oxygens (including phenoxy) is 1. The van der Waals surface area contributed by atoms with Gasteiger partial charge in [0.2, 0.25) is 17.7 Å². The summed E-state index contributed by atoms with van der Waals surface area (Å²) in [7, 11) is 1.48. The SMILES string of the molecule is C[C@@H](C(=O)N[C@H](C(=O)N1Cc2cc(C#Cc3ccc(C(=O)O)cc3)ccc2C[C@H]1C(=O)N[C@@H]1CCCc2ccccc21)C(C)(C)C)N(C)C(=O)OC(C)(C)C. The molecule has 11 heteroatoms. The maximum atomic E-state index is 14.8. The van der Waals surface area contributed by atoms with Gasteiger partial charge >= 0.3 is 12.1 Å². The van der Waals surface area contributed by atoms with Gasteiger partial charge in [-0.3, -0.25) is 19.3 Å². The van der Waals surface area contributed by atoms with Gasteiger partial charge in [0.25, 0.3) is 0 Å². The van der Waals surface area contributed by atoms with E-state index in [0.29, 0.717) is 11.1 Å². The zero-order valence-electron chi connectivity index (χ0n) is 33.0. The Hall–Kier alpha value is -5.63. The Morgan fingerprint density at radius 3 is 2.20 bits per heavy atom. The number of aromatic carboxylic acids is 1. The number of likely N-dealkylation sites (N-methyl/N-ethyl adjacent to an activating group) is 1. The highest BCUT2D eigenvalue weighted by Crippen LogP contribution is 2.32. The highest BCUT2D eigenvalue weighted by molar-refractivity contribution is 5.95. The van der Waals surface area contributed by atoms with Crippen LogP contribution in [0.2, 0.25) is 0 Å². The summed E-state index contributed by atoms with van der Waals surface area (Å²) < 4.78 is 5.47. The molecule has 1 heterocycles. The van der Waals surface area contributed by atoms with Gasteiger partial charge in [0.05, 0.1) is 11.6 Å². The quantitative estimate of drug-likeness (QED) is 0.251. The lowest BCUT2D eigenvalue weighted by Gasteiger charge is -2.42. The molecular formula is C44H52N4O7. The number of aryl methyl sites for hydroxylation is 1. The fourth-order valence-corrected chi connectivity index (χ4v) is 6.89. The number of nitrogens with one attached hydrogen (secondary N) is 2. The molecule has 0 fully saturated rings. The summed E-state index contributed by atoms with van der Waals surface area (Å²) in [4.78, 5) is 69.8. The maximum absolute atomic E-state index is 14.8. The number of benzene rings is 3. The molecule has 2 aliphatic rings. The van der Waals surface area contributed by atoms with Crippen molar-refractivity contribution in [1.29, 1.82) is 0 Å². The van der Waals surface area contributed by atoms with Crippen LogP contribution < -0.4 is 10.6 Å². The predicted octanol–water partition coefficient (Wildman–Crippen LogP) is 6.02. The van der Waals surface area contributed by atoms with Crippen LogP contribution in [0.3, 0.4) is 0 Å². The number of carboxylic acids is 1. The van der Waals surface area contributed by atoms with Crippen molar-refractivity contribution < 1.29 is 33.8 Å². The largest absolute Gasteiger partial charge is 0.478 e. The Balaban J connectivity index is 1.45. The molecule has 3 aromatic carbocycles. The van der Waals surface area contributed by atoms with Gasteiger partial charge in [-0.25, -0.2) is 9.59 Å². The van der Waals surface area contributed by atoms with Crippen LogP contribution >= 0.6 is 0 Å². The Labute approximate surface area is 323 Å². The molecule has 3 N–H and O–H groups in total. The Bertz CT molecular complexity index is 2020. The summed E-state index contributed by atoms with van der Waals surface area (Å²) in [6, 6.07) is 17.1. The molecule has 11 nitrogen and oxygen atoms in total. The molecule has 0 aromatic heterocycles. The number of hydrogen-bond donors (Lipinski definition) is 3. The van der Waals surface area contributed by atoms with Crippen molar-refractivity contribution >= 4 is 29.8 Å². The average molecular weight is 749 g/mol. The third-order valence-corrected chi connectivity index (χ3v) is 10.1. The lowest BCUT2D eigenvalue weighted by molar-refractivity contribution is -0.147. The molecule has 0 spiro atoms. The molecule has 1 aliphatic carbocycles. The molecule has 5 rings (SSSR count). The first-order valence-corrected chi connectivity index (χ1v) is 18.7. The summed E-state index contributed by atoms with van der Waals surface area (Å²) in [5.74, 6) is 3.98. The number of rotatable bonds is 7. The second-order valence-electron chi connectivity index (χ2n) is 16.5. The van der Waals surface area contributed by atoms with E-state index >= 15 is 0 Å². The number of hydrogen-bond acceptors (Lipinski definition) is 6. The van der Waals surface area contributed by atoms with E-state index in [9.17, 15) is 29.1 Å². The normalized spacial score (nSPS) is 17.6. The van der Waals surface area contributed by atoms with Gasteiger partial charge in [0.15, 0.2) is 0 Å². The van der Waals surface area contributed by atoms with Gasteiger partial charge in [-0.2, -0.15) is 0 Å². The number of carboxylic acid groups (broad SMARTS) is 1. The molecule has 290 valence electrons. The smallest absolute Gasteiger partial charge is 0.410 e. The second-order valence-corrected chi connectivity index (χ2v) is 16.5. The van der Waals surface area contributed by atoms with Crippen LogP contribution in [-0.2, 0) is 38.5 Å². The summed E-state index contributed by atoms with van der Waals surface area (Å²) in [5, 5.41) is 15.4. The van der Waals surface area contributed by atoms with Crippen LogP contribution in [-0.4, -0.2) is 75.5 Å². The van der Waals surface area contributed by atoms with Crippen molar-refractivity contribution in [3.8, 4) is 11.8 Å². The number of fused-ring (bicyclic) bond motifs is 2. The van der Waals surface area contributed by atoms with Crippen LogP contribution in [0.15, 0.2) is 66.7 Å². The standard InChI is InChI=1S/C44H52N4O7/c1-27(47(8)42(54)55-44(5,6)7)38(49)46-37(43(2,3)4)40(51)48-26-33-24-29(17-16-28-18-21-31(22-19-28)41(52)53)20-23-32(33)25-36(48)39(50)45-35-15-11-13-30-12-9-10-14-34(30)35/h9-10,12,14,18-24,27,35-37H,11,13,15,25-26H2,1-8H3,(H,45,50)(H,46,49)(H,52,53)/t27-,35+,36-,37+/m0/s1. The lowest BCUT2D eigenvalue weighted by Crippen LogP contribution is -2.62. The monoisotopic (exact) mass is 748 g/mol. The van der Waals surface area contributed by atoms with Crippen LogP contribution in [0.25, 0.3) is 0 Å². The van der Waals surface area contributed by atoms with E-state index in [4.69, 9.17) is 4.74 Å². The molecule has 4 amide bonds. The molecule has 0 saturated carbocycles. The van der Waals surface area contributed by atoms with Crippen LogP contribution in [0.4, 0.5) is 4.79 Å². The number of carbonyl (C=O) groups excluding carboxylic acids is 4. The zero-order chi connectivity index (χ0) is 40.2. The van der Waals surface area contributed by atoms with Crippen LogP contribution in [0, 0.1) is 17.3 Å². The van der Waals surface area contributed by atoms with Crippen molar-refractivity contribution in [2.24, 2.45) is 5.41 Å². The maximum Gasteiger partial charge on any atom is 0.410 e. The van der Waals surface area contributed by atoms with E-state index in [1.807, 2.05) is 57.2 Å². The van der Waals surface area contributed by atoms with Crippen molar-refractivity contribution in [3.05, 3.63) is 106 Å². The Morgan fingerprint density at radius 2 is 1.55 bits per heavy atom. The van der Waals surface area contributed by atoms with Crippen molar-refractivity contribution in [3.63, 3.8) is 0 Å². The first-order chi connectivity index (χ1) is 25.8. The molecule has 55 heavy (non-hydrogen) atoms. The van der Waals surface area contributed by atoms with Crippen LogP contribution in [0.1, 0.15) is 111 Å². The van der Waals surface area contributed by atoms with Crippen molar-refractivity contribution in [1.82, 2.24) is 20.4 Å². The fourth-order valence-electron chi connectivity index (χ4n) is 6.89. The van der Waals surface area contributed by atoms with E-state index < -0.39 is 53.0 Å². The van der Waals surface area contributed by atoms with E-state index in [0.717, 1.165) is 36.0 Å². The van der Waals surface area contributed by atoms with Crippen molar-refractivity contribution in [2.45, 2.75) is 110 Å². The number of carbonyl (C=O) groups is 5. The summed E-state index contributed by atoms with van der Waals surface area (Å²) in [6.45, 7) is 12.4. The minimum absolute atomic E-state index is 0.103. The van der Waals surface area contributed by atoms with Gasteiger partial charge in [0, 0.05) is 31.1 Å². The Morgan fingerprint density at radius 1 is 0.891 bits per heavy atom. The van der Waals surface area contributed by atoms with Gasteiger partial charge < -0.3 is 25.4 Å². The predicted molar refractivity (Wildman–Crippen MR) is 209 cm³/mol. The van der Waals surface area contributed by atoms with Gasteiger partial charge in [-0.1, -0.05) is 62.9 Å². The summed E-state index contributed by atoms with van der Waals surface area (Å²) >= 11 is 0. The molecule has 0 bridgehead atoms. The molecule has 0 unspecified atom stereocenters. The fraction of sp³-hybridized carbons (Fsp3) is 0.432. The topological polar surface area (TPSA) is 145 Å². The highest BCUT2D eigenvalue weighted by Gasteiger charge is 2.43. The third kappa shape index (κ3) is 9.92. The lowest BCUT2D eigenvalue weighted by atomic mass is 9.83. The third-order valence-electron chi connectivity index (χ3n) is 10.1. The minimum Gasteiger partial charge on any atom is -0.478 e. The van der Waals surface area contributed by atoms with E-state index in [1.165, 1.54) is 29.6 Å². The van der Waals surface area contributed by atoms with Crippen molar-refractivity contribution in [2.75, 3.05) is 7.05 Å². The van der Waals surface area contributed by atoms with Gasteiger partial charge in [-0.05, 0) is 111 Å². The average Bonchev–Trinajstić information content (AvgIpc) is 3.13. The number of nitrogens with zero attached hydrogens (tertiary/aromatic N) is 2. The first kappa shape index (κ1) is 40.6. The van der Waals surface area contributed by atoms with E-state index in [-0.39, 0.29) is 30.5 Å².